The first-order valence-corrected chi connectivity index (χ1v) is 16.9. The van der Waals surface area contributed by atoms with Crippen molar-refractivity contribution in [2.75, 3.05) is 32.8 Å². The van der Waals surface area contributed by atoms with Crippen LogP contribution in [0, 0.1) is 23.0 Å². The van der Waals surface area contributed by atoms with Gasteiger partial charge in [-0.2, -0.15) is 9.97 Å². The molecule has 0 amide bonds. The van der Waals surface area contributed by atoms with Crippen LogP contribution in [0.25, 0.3) is 32.9 Å². The second kappa shape index (κ2) is 11.5. The third kappa shape index (κ3) is 4.81. The largest absolute Gasteiger partial charge is 0.508 e. The summed E-state index contributed by atoms with van der Waals surface area (Å²) >= 11 is 0. The minimum Gasteiger partial charge on any atom is -0.508 e. The zero-order valence-electron chi connectivity index (χ0n) is 26.7. The molecule has 0 bridgehead atoms. The van der Waals surface area contributed by atoms with Crippen molar-refractivity contribution in [3.63, 3.8) is 0 Å². The highest BCUT2D eigenvalue weighted by molar-refractivity contribution is 6.01. The maximum Gasteiger partial charge on any atom is 0.317 e. The number of aromatic hydroxyl groups is 1. The fourth-order valence-electron chi connectivity index (χ4n) is 9.04. The zero-order chi connectivity index (χ0) is 33.4. The van der Waals surface area contributed by atoms with E-state index in [1.807, 2.05) is 0 Å². The van der Waals surface area contributed by atoms with Gasteiger partial charge >= 0.3 is 12.0 Å². The van der Waals surface area contributed by atoms with Crippen LogP contribution in [-0.4, -0.2) is 80.5 Å². The molecule has 0 radical (unpaired) electrons. The van der Waals surface area contributed by atoms with E-state index in [9.17, 15) is 19.4 Å². The Morgan fingerprint density at radius 3 is 2.85 bits per heavy atom. The number of aliphatic carboxylic acids is 1. The molecule has 2 aromatic heterocycles. The highest BCUT2D eigenvalue weighted by Gasteiger charge is 2.65. The second-order valence-corrected chi connectivity index (χ2v) is 14.1. The van der Waals surface area contributed by atoms with E-state index in [0.717, 1.165) is 38.8 Å². The van der Waals surface area contributed by atoms with Crippen LogP contribution in [0.15, 0.2) is 30.5 Å². The molecular weight excluding hydrogens is 623 g/mol. The minimum absolute atomic E-state index is 0.0412. The molecule has 3 aliphatic heterocycles. The molecule has 48 heavy (non-hydrogen) atoms. The summed E-state index contributed by atoms with van der Waals surface area (Å²) < 4.78 is 52.8. The van der Waals surface area contributed by atoms with Gasteiger partial charge in [-0.15, -0.1) is 0 Å². The molecule has 4 fully saturated rings. The van der Waals surface area contributed by atoms with Gasteiger partial charge in [-0.1, -0.05) is 13.0 Å². The Morgan fingerprint density at radius 2 is 2.04 bits per heavy atom. The van der Waals surface area contributed by atoms with Gasteiger partial charge in [0.25, 0.3) is 0 Å². The monoisotopic (exact) mass is 661 g/mol. The van der Waals surface area contributed by atoms with Crippen molar-refractivity contribution in [2.45, 2.75) is 69.5 Å². The van der Waals surface area contributed by atoms with Crippen molar-refractivity contribution in [2.24, 2.45) is 11.3 Å². The summed E-state index contributed by atoms with van der Waals surface area (Å²) in [5, 5.41) is 25.8. The molecule has 3 N–H and O–H groups in total. The number of carboxylic acids is 1. The number of pyridine rings is 1. The number of alkyl halides is 1. The number of phenols is 1. The van der Waals surface area contributed by atoms with Gasteiger partial charge in [0.05, 0.1) is 16.6 Å². The molecule has 1 aliphatic carbocycles. The van der Waals surface area contributed by atoms with Crippen LogP contribution >= 0.6 is 0 Å². The number of rotatable bonds is 7. The first-order valence-electron chi connectivity index (χ1n) is 16.9. The molecule has 2 aromatic carbocycles. The van der Waals surface area contributed by atoms with Gasteiger partial charge in [0.1, 0.15) is 35.6 Å². The third-order valence-electron chi connectivity index (χ3n) is 11.4. The number of phenolic OH excluding ortho intramolecular Hbond substituents is 1. The first-order chi connectivity index (χ1) is 23.1. The lowest BCUT2D eigenvalue weighted by Crippen LogP contribution is -2.43. The summed E-state index contributed by atoms with van der Waals surface area (Å²) in [4.78, 5) is 28.9. The smallest absolute Gasteiger partial charge is 0.317 e. The fourth-order valence-corrected chi connectivity index (χ4v) is 9.04. The fraction of sp³-hybridized carbons (Fsp3) is 0.500. The number of fused-ring (bicyclic) bond motifs is 4. The molecule has 5 heterocycles. The van der Waals surface area contributed by atoms with Crippen LogP contribution in [-0.2, 0) is 11.2 Å². The summed E-state index contributed by atoms with van der Waals surface area (Å²) in [6.45, 7) is 4.06. The van der Waals surface area contributed by atoms with Gasteiger partial charge in [-0.05, 0) is 92.1 Å². The lowest BCUT2D eigenvalue weighted by molar-refractivity contribution is -0.145. The van der Waals surface area contributed by atoms with E-state index in [4.69, 9.17) is 9.72 Å². The van der Waals surface area contributed by atoms with Gasteiger partial charge in [-0.3, -0.25) is 14.7 Å². The Kier molecular flexibility index (Phi) is 7.52. The number of nitrogens with one attached hydrogen (secondary N) is 1. The van der Waals surface area contributed by atoms with E-state index in [0.29, 0.717) is 54.4 Å². The highest BCUT2D eigenvalue weighted by atomic mass is 19.1. The summed E-state index contributed by atoms with van der Waals surface area (Å²) in [6, 6.07) is 5.61. The number of halogens is 3. The first kappa shape index (κ1) is 31.3. The Labute approximate surface area is 275 Å². The van der Waals surface area contributed by atoms with Gasteiger partial charge in [0.2, 0.25) is 0 Å². The van der Waals surface area contributed by atoms with E-state index in [1.165, 1.54) is 30.5 Å². The quantitative estimate of drug-likeness (QED) is 0.222. The van der Waals surface area contributed by atoms with Crippen LogP contribution in [0.4, 0.5) is 13.2 Å². The molecule has 9 nitrogen and oxygen atoms in total. The van der Waals surface area contributed by atoms with Crippen molar-refractivity contribution in [1.29, 1.82) is 0 Å². The summed E-state index contributed by atoms with van der Waals surface area (Å²) in [5.74, 6) is -2.98. The molecule has 8 rings (SSSR count). The van der Waals surface area contributed by atoms with Crippen molar-refractivity contribution in [3.8, 4) is 23.0 Å². The summed E-state index contributed by atoms with van der Waals surface area (Å²) in [6.07, 6.45) is 4.90. The van der Waals surface area contributed by atoms with Gasteiger partial charge in [0.15, 0.2) is 5.82 Å². The van der Waals surface area contributed by atoms with Gasteiger partial charge in [0, 0.05) is 42.6 Å². The molecule has 0 spiro atoms. The number of benzene rings is 2. The molecule has 3 saturated heterocycles. The Balaban J connectivity index is 1.31. The molecule has 3 unspecified atom stereocenters. The third-order valence-corrected chi connectivity index (χ3v) is 11.4. The molecular formula is C36H38F3N5O4. The lowest BCUT2D eigenvalue weighted by Gasteiger charge is -2.31. The van der Waals surface area contributed by atoms with Crippen molar-refractivity contribution < 1.29 is 32.9 Å². The van der Waals surface area contributed by atoms with Gasteiger partial charge < -0.3 is 20.3 Å². The molecule has 1 saturated carbocycles. The number of hydrogen-bond donors (Lipinski definition) is 3. The number of nitrogens with zero attached hydrogens (tertiary/aromatic N) is 4. The predicted octanol–water partition coefficient (Wildman–Crippen LogP) is 5.90. The van der Waals surface area contributed by atoms with Crippen LogP contribution < -0.4 is 10.1 Å². The number of hydrogen-bond acceptors (Lipinski definition) is 8. The maximum atomic E-state index is 17.0. The Morgan fingerprint density at radius 1 is 1.19 bits per heavy atom. The number of aryl methyl sites for hydroxylation is 1. The topological polar surface area (TPSA) is 121 Å². The van der Waals surface area contributed by atoms with Crippen LogP contribution in [0.5, 0.6) is 11.8 Å². The van der Waals surface area contributed by atoms with Crippen LogP contribution in [0.1, 0.15) is 62.6 Å². The normalized spacial score (nSPS) is 28.6. The minimum atomic E-state index is -1.08. The van der Waals surface area contributed by atoms with Crippen molar-refractivity contribution in [1.82, 2.24) is 25.2 Å². The Bertz CT molecular complexity index is 1960. The predicted molar refractivity (Wildman–Crippen MR) is 173 cm³/mol. The molecule has 4 aromatic rings. The second-order valence-electron chi connectivity index (χ2n) is 14.1. The molecule has 5 atom stereocenters. The molecule has 12 heteroatoms. The number of ether oxygens (including phenoxy) is 1. The van der Waals surface area contributed by atoms with Crippen molar-refractivity contribution >= 4 is 27.6 Å². The number of carboxylic acid groups (broad SMARTS) is 1. The van der Waals surface area contributed by atoms with E-state index in [-0.39, 0.29) is 46.4 Å². The standard InChI is InChI=1S/C36H38F3N5O4/c1-2-23-27(38)7-6-19-11-22(45)12-24(28(19)23)31-29(39)32-25(15-41-31)30(26-16-40-9-3-5-20-13-36(20,26)33(46)47)42-34(43-32)48-18-35-8-4-10-44(35)17-21(37)14-35/h6-7,11-12,15,20-21,26,40,45H,2-5,8-10,13-14,16-18H2,1H3,(H,46,47)/t20?,21-,26?,35+,36?/m1/s1. The average Bonchev–Trinajstić information content (AvgIpc) is 3.49. The highest BCUT2D eigenvalue weighted by Crippen LogP contribution is 2.64. The van der Waals surface area contributed by atoms with Crippen LogP contribution in [0.2, 0.25) is 0 Å². The molecule has 252 valence electrons. The Hall–Kier alpha value is -4.03. The van der Waals surface area contributed by atoms with E-state index >= 15 is 8.78 Å². The zero-order valence-corrected chi connectivity index (χ0v) is 26.7. The number of carbonyl (C=O) groups is 1. The van der Waals surface area contributed by atoms with E-state index < -0.39 is 40.6 Å². The van der Waals surface area contributed by atoms with E-state index in [2.05, 4.69) is 20.2 Å². The van der Waals surface area contributed by atoms with Crippen LogP contribution in [0.3, 0.4) is 0 Å². The lowest BCUT2D eigenvalue weighted by atomic mass is 9.81. The summed E-state index contributed by atoms with van der Waals surface area (Å²) in [7, 11) is 0. The SMILES string of the molecule is CCc1c(F)ccc2cc(O)cc(-c3ncc4c(C5CNCCCC6CC65C(=O)O)nc(OC[C@@]56CCCN5C[C@H](F)C6)nc4c3F)c12. The maximum absolute atomic E-state index is 17.0. The van der Waals surface area contributed by atoms with E-state index in [1.54, 1.807) is 6.92 Å². The number of aromatic nitrogens is 3. The summed E-state index contributed by atoms with van der Waals surface area (Å²) in [5.41, 5.74) is -0.922. The van der Waals surface area contributed by atoms with Gasteiger partial charge in [-0.25, -0.2) is 13.2 Å². The average molecular weight is 662 g/mol. The van der Waals surface area contributed by atoms with Crippen molar-refractivity contribution in [3.05, 3.63) is 53.4 Å². The molecule has 4 aliphatic rings.